The lowest BCUT2D eigenvalue weighted by Crippen LogP contribution is -2.30. The molecule has 0 radical (unpaired) electrons. The number of allylic oxidation sites excluding steroid dienone is 16. The maximum Gasteiger partial charge on any atom is 0.306 e. The molecule has 0 aromatic rings. The summed E-state index contributed by atoms with van der Waals surface area (Å²) in [6.45, 7) is 6.51. The highest BCUT2D eigenvalue weighted by Gasteiger charge is 2.19. The van der Waals surface area contributed by atoms with E-state index in [1.807, 2.05) is 6.08 Å². The second-order valence-electron chi connectivity index (χ2n) is 23.8. The summed E-state index contributed by atoms with van der Waals surface area (Å²) in [5.41, 5.74) is 0. The average molecular weight is 1160 g/mol. The third-order valence-electron chi connectivity index (χ3n) is 15.6. The van der Waals surface area contributed by atoms with Crippen molar-refractivity contribution in [1.82, 2.24) is 0 Å². The number of hydrogen-bond donors (Lipinski definition) is 0. The topological polar surface area (TPSA) is 78.9 Å². The molecule has 0 aromatic carbocycles. The van der Waals surface area contributed by atoms with Crippen LogP contribution in [-0.4, -0.2) is 37.2 Å². The number of unbranched alkanes of at least 4 members (excludes halogenated alkanes) is 38. The van der Waals surface area contributed by atoms with Crippen molar-refractivity contribution in [3.8, 4) is 0 Å². The van der Waals surface area contributed by atoms with Gasteiger partial charge in [0.25, 0.3) is 0 Å². The Balaban J connectivity index is 4.42. The Morgan fingerprint density at radius 2 is 0.494 bits per heavy atom. The fraction of sp³-hybridized carbons (Fsp3) is 0.753. The van der Waals surface area contributed by atoms with Crippen molar-refractivity contribution in [2.24, 2.45) is 0 Å². The van der Waals surface area contributed by atoms with Crippen LogP contribution in [0.2, 0.25) is 0 Å². The zero-order valence-corrected chi connectivity index (χ0v) is 54.9. The Morgan fingerprint density at radius 3 is 0.807 bits per heavy atom. The largest absolute Gasteiger partial charge is 0.462 e. The fourth-order valence-corrected chi connectivity index (χ4v) is 10.2. The van der Waals surface area contributed by atoms with Gasteiger partial charge in [-0.1, -0.05) is 323 Å². The number of ether oxygens (including phenoxy) is 3. The Morgan fingerprint density at radius 1 is 0.253 bits per heavy atom. The molecule has 6 heteroatoms. The van der Waals surface area contributed by atoms with Crippen molar-refractivity contribution in [1.29, 1.82) is 0 Å². The van der Waals surface area contributed by atoms with Gasteiger partial charge in [0.2, 0.25) is 0 Å². The molecule has 0 aliphatic heterocycles. The van der Waals surface area contributed by atoms with E-state index in [0.29, 0.717) is 19.3 Å². The minimum absolute atomic E-state index is 0.0998. The molecule has 0 heterocycles. The lowest BCUT2D eigenvalue weighted by atomic mass is 10.0. The Kier molecular flexibility index (Phi) is 67.7. The molecule has 1 atom stereocenters. The van der Waals surface area contributed by atoms with Crippen molar-refractivity contribution < 1.29 is 28.6 Å². The lowest BCUT2D eigenvalue weighted by molar-refractivity contribution is -0.166. The van der Waals surface area contributed by atoms with E-state index in [2.05, 4.69) is 112 Å². The number of hydrogen-bond acceptors (Lipinski definition) is 6. The minimum atomic E-state index is -0.812. The lowest BCUT2D eigenvalue weighted by Gasteiger charge is -2.18. The molecule has 0 bridgehead atoms. The highest BCUT2D eigenvalue weighted by molar-refractivity contribution is 5.71. The van der Waals surface area contributed by atoms with Crippen LogP contribution in [0.1, 0.15) is 355 Å². The molecule has 0 saturated heterocycles. The highest BCUT2D eigenvalue weighted by Crippen LogP contribution is 2.17. The Labute approximate surface area is 515 Å². The zero-order chi connectivity index (χ0) is 59.9. The van der Waals surface area contributed by atoms with Gasteiger partial charge in [-0.25, -0.2) is 0 Å². The zero-order valence-electron chi connectivity index (χ0n) is 54.9. The van der Waals surface area contributed by atoms with Crippen molar-refractivity contribution in [2.45, 2.75) is 361 Å². The highest BCUT2D eigenvalue weighted by atomic mass is 16.6. The number of esters is 3. The summed E-state index contributed by atoms with van der Waals surface area (Å²) in [5, 5.41) is 0. The Bertz CT molecular complexity index is 1610. The smallest absolute Gasteiger partial charge is 0.306 e. The summed E-state index contributed by atoms with van der Waals surface area (Å²) >= 11 is 0. The van der Waals surface area contributed by atoms with Crippen LogP contribution in [0, 0.1) is 0 Å². The van der Waals surface area contributed by atoms with Crippen molar-refractivity contribution in [3.63, 3.8) is 0 Å². The van der Waals surface area contributed by atoms with E-state index >= 15 is 0 Å². The summed E-state index contributed by atoms with van der Waals surface area (Å²) in [7, 11) is 0. The van der Waals surface area contributed by atoms with Gasteiger partial charge in [-0.05, 0) is 109 Å². The quantitative estimate of drug-likeness (QED) is 0.0261. The van der Waals surface area contributed by atoms with Crippen molar-refractivity contribution in [3.05, 3.63) is 97.2 Å². The van der Waals surface area contributed by atoms with Gasteiger partial charge in [0.15, 0.2) is 6.10 Å². The van der Waals surface area contributed by atoms with Gasteiger partial charge in [0.1, 0.15) is 13.2 Å². The summed E-state index contributed by atoms with van der Waals surface area (Å²) < 4.78 is 16.9. The molecule has 1 unspecified atom stereocenters. The molecular formula is C77H134O6. The molecule has 0 aromatic heterocycles. The van der Waals surface area contributed by atoms with Crippen LogP contribution in [0.4, 0.5) is 0 Å². The molecule has 0 aliphatic rings. The monoisotopic (exact) mass is 1160 g/mol. The average Bonchev–Trinajstić information content (AvgIpc) is 3.49. The fourth-order valence-electron chi connectivity index (χ4n) is 10.2. The normalized spacial score (nSPS) is 12.7. The van der Waals surface area contributed by atoms with Crippen molar-refractivity contribution >= 4 is 17.9 Å². The second kappa shape index (κ2) is 70.8. The minimum Gasteiger partial charge on any atom is -0.462 e. The van der Waals surface area contributed by atoms with Gasteiger partial charge in [0.05, 0.1) is 0 Å². The van der Waals surface area contributed by atoms with Gasteiger partial charge in [-0.3, -0.25) is 14.4 Å². The first-order chi connectivity index (χ1) is 41.0. The van der Waals surface area contributed by atoms with Crippen LogP contribution < -0.4 is 0 Å². The molecule has 0 N–H and O–H groups in total. The SMILES string of the molecule is CC/C=C\C/C=C\C/C=C\C/C=C\C/C=C\C/C=C\CCC(=O)OCC(COC(=O)CCCCCCCCCCCCCCC/C=C\CCCCCCCCCC)OC(=O)CCCCCCCCCCC/C=C\CCCCCCCCCC. The van der Waals surface area contributed by atoms with Gasteiger partial charge in [-0.2, -0.15) is 0 Å². The van der Waals surface area contributed by atoms with Crippen LogP contribution >= 0.6 is 0 Å². The van der Waals surface area contributed by atoms with E-state index in [9.17, 15) is 14.4 Å². The number of carbonyl (C=O) groups is 3. The van der Waals surface area contributed by atoms with Crippen LogP contribution in [0.5, 0.6) is 0 Å². The number of rotatable bonds is 65. The van der Waals surface area contributed by atoms with E-state index in [1.165, 1.54) is 231 Å². The summed E-state index contributed by atoms with van der Waals surface area (Å²) in [6.07, 6.45) is 95.9. The standard InChI is InChI=1S/C77H134O6/c1-4-7-10-13-16-19-22-25-28-31-34-36-37-38-39-41-43-46-49-52-55-58-61-64-67-70-76(79)82-73-74(72-81-75(78)69-66-63-60-57-54-51-48-45-42-33-30-27-24-21-18-15-12-9-6-3)83-77(80)71-68-65-62-59-56-53-50-47-44-40-35-32-29-26-23-20-17-14-11-8-5-2/h9,12,18,21,27,30-32,34-35,42,45,51,54,60,63,74H,4-8,10-11,13-17,19-20,22-26,28-29,33,36-41,43-44,46-50,52-53,55-59,61-62,64-73H2,1-3H3/b12-9-,21-18-,30-27-,34-31-,35-32-,45-42-,54-51-,63-60-. The van der Waals surface area contributed by atoms with E-state index < -0.39 is 6.10 Å². The molecule has 0 fully saturated rings. The molecular weight excluding hydrogens is 1020 g/mol. The molecule has 0 amide bonds. The Hall–Kier alpha value is -3.67. The van der Waals surface area contributed by atoms with E-state index in [0.717, 1.165) is 77.0 Å². The van der Waals surface area contributed by atoms with Gasteiger partial charge >= 0.3 is 17.9 Å². The molecule has 83 heavy (non-hydrogen) atoms. The first-order valence-electron chi connectivity index (χ1n) is 35.7. The number of carbonyl (C=O) groups excluding carboxylic acids is 3. The van der Waals surface area contributed by atoms with Crippen LogP contribution in [0.15, 0.2) is 97.2 Å². The van der Waals surface area contributed by atoms with Crippen LogP contribution in [0.25, 0.3) is 0 Å². The summed E-state index contributed by atoms with van der Waals surface area (Å²) in [4.78, 5) is 38.5. The molecule has 0 rings (SSSR count). The van der Waals surface area contributed by atoms with Gasteiger partial charge in [0, 0.05) is 19.3 Å². The first kappa shape index (κ1) is 79.3. The molecule has 6 nitrogen and oxygen atoms in total. The first-order valence-corrected chi connectivity index (χ1v) is 35.7. The third-order valence-corrected chi connectivity index (χ3v) is 15.6. The third kappa shape index (κ3) is 69.0. The van der Waals surface area contributed by atoms with Crippen LogP contribution in [-0.2, 0) is 28.6 Å². The molecule has 0 spiro atoms. The summed E-state index contributed by atoms with van der Waals surface area (Å²) in [5.74, 6) is -0.974. The predicted octanol–water partition coefficient (Wildman–Crippen LogP) is 24.8. The van der Waals surface area contributed by atoms with Gasteiger partial charge < -0.3 is 14.2 Å². The predicted molar refractivity (Wildman–Crippen MR) is 362 cm³/mol. The molecule has 0 aliphatic carbocycles. The van der Waals surface area contributed by atoms with E-state index in [-0.39, 0.29) is 37.5 Å². The molecule has 0 saturated carbocycles. The second-order valence-corrected chi connectivity index (χ2v) is 23.8. The molecule has 478 valence electrons. The summed E-state index contributed by atoms with van der Waals surface area (Å²) in [6, 6.07) is 0. The van der Waals surface area contributed by atoms with Crippen LogP contribution in [0.3, 0.4) is 0 Å². The van der Waals surface area contributed by atoms with Crippen molar-refractivity contribution in [2.75, 3.05) is 13.2 Å². The van der Waals surface area contributed by atoms with E-state index in [4.69, 9.17) is 14.2 Å². The maximum absolute atomic E-state index is 13.0. The van der Waals surface area contributed by atoms with Gasteiger partial charge in [-0.15, -0.1) is 0 Å². The maximum atomic E-state index is 13.0. The van der Waals surface area contributed by atoms with E-state index in [1.54, 1.807) is 0 Å².